The molecule has 1 aliphatic heterocycles. The van der Waals surface area contributed by atoms with Crippen molar-refractivity contribution in [1.82, 2.24) is 4.90 Å². The molecular formula is C26H46N2O4S. The Labute approximate surface area is 202 Å². The molecular weight excluding hydrogens is 436 g/mol. The number of aliphatic hydroxyl groups is 1. The van der Waals surface area contributed by atoms with E-state index in [-0.39, 0.29) is 11.5 Å². The van der Waals surface area contributed by atoms with E-state index >= 15 is 0 Å². The van der Waals surface area contributed by atoms with Crippen LogP contribution in [0.15, 0.2) is 29.2 Å². The number of β-amino-alcohol motifs (C(OH)–C–C–N with tert-alkyl or cyclic N) is 1. The van der Waals surface area contributed by atoms with Crippen LogP contribution in [0.5, 0.6) is 0 Å². The standard InChI is InChI=1S/C19H39N2O.C7H8O3S/c1-3-5-6-7-8-9-10-11-12-13-14-20-15-16-21(17-18-22)19(20)4-2;1-6-2-4-7(5-3-6)11(8,9)10/h22H,3-18H2,1-2H3;2-5H,1H3,(H,8,9,10)/q+1;/p-1. The lowest BCUT2D eigenvalue weighted by atomic mass is 10.1. The van der Waals surface area contributed by atoms with Crippen molar-refractivity contribution in [3.63, 3.8) is 0 Å². The van der Waals surface area contributed by atoms with Gasteiger partial charge in [-0.1, -0.05) is 82.9 Å². The predicted octanol–water partition coefficient (Wildman–Crippen LogP) is 4.94. The summed E-state index contributed by atoms with van der Waals surface area (Å²) in [7, 11) is -4.27. The van der Waals surface area contributed by atoms with E-state index in [1.807, 2.05) is 6.92 Å². The topological polar surface area (TPSA) is 83.7 Å². The van der Waals surface area contributed by atoms with Gasteiger partial charge in [0.15, 0.2) is 0 Å². The van der Waals surface area contributed by atoms with E-state index in [1.165, 1.54) is 88.7 Å². The fourth-order valence-electron chi connectivity index (χ4n) is 4.24. The van der Waals surface area contributed by atoms with Gasteiger partial charge in [0.25, 0.3) is 0 Å². The van der Waals surface area contributed by atoms with Crippen molar-refractivity contribution < 1.29 is 22.7 Å². The number of hydrogen-bond acceptors (Lipinski definition) is 5. The van der Waals surface area contributed by atoms with Crippen LogP contribution in [0, 0.1) is 6.92 Å². The molecule has 0 aliphatic carbocycles. The molecule has 33 heavy (non-hydrogen) atoms. The zero-order chi connectivity index (χ0) is 24.5. The molecule has 1 heterocycles. The zero-order valence-corrected chi connectivity index (χ0v) is 21.9. The van der Waals surface area contributed by atoms with Crippen LogP contribution in [0.4, 0.5) is 0 Å². The van der Waals surface area contributed by atoms with Gasteiger partial charge in [-0.25, -0.2) is 8.42 Å². The summed E-state index contributed by atoms with van der Waals surface area (Å²) in [5.74, 6) is 1.45. The minimum absolute atomic E-state index is 0.178. The number of amidine groups is 1. The molecule has 0 amide bonds. The maximum Gasteiger partial charge on any atom is 0.246 e. The highest BCUT2D eigenvalue weighted by Crippen LogP contribution is 2.12. The summed E-state index contributed by atoms with van der Waals surface area (Å²) in [5, 5.41) is 9.12. The predicted molar refractivity (Wildman–Crippen MR) is 135 cm³/mol. The van der Waals surface area contributed by atoms with Crippen molar-refractivity contribution in [3.05, 3.63) is 29.8 Å². The van der Waals surface area contributed by atoms with E-state index in [2.05, 4.69) is 23.3 Å². The van der Waals surface area contributed by atoms with Crippen LogP contribution in [0.1, 0.15) is 90.0 Å². The van der Waals surface area contributed by atoms with E-state index in [1.54, 1.807) is 12.1 Å². The molecule has 0 spiro atoms. The highest BCUT2D eigenvalue weighted by atomic mass is 32.2. The zero-order valence-electron chi connectivity index (χ0n) is 21.1. The van der Waals surface area contributed by atoms with Crippen LogP contribution >= 0.6 is 0 Å². The molecule has 7 heteroatoms. The van der Waals surface area contributed by atoms with Gasteiger partial charge in [-0.05, 0) is 31.9 Å². The van der Waals surface area contributed by atoms with Crippen LogP contribution in [0.2, 0.25) is 0 Å². The quantitative estimate of drug-likeness (QED) is 0.218. The van der Waals surface area contributed by atoms with Crippen LogP contribution in [0.25, 0.3) is 0 Å². The molecule has 190 valence electrons. The SMILES string of the molecule is CCCCCCCCCCCC[N+]1=C(CC)N(CCO)CC1.Cc1ccc(S(=O)(=O)[O-])cc1. The molecule has 0 aromatic heterocycles. The van der Waals surface area contributed by atoms with Crippen molar-refractivity contribution >= 4 is 16.0 Å². The monoisotopic (exact) mass is 482 g/mol. The minimum atomic E-state index is -4.27. The van der Waals surface area contributed by atoms with Gasteiger partial charge in [-0.3, -0.25) is 9.48 Å². The van der Waals surface area contributed by atoms with Crippen LogP contribution < -0.4 is 0 Å². The van der Waals surface area contributed by atoms with Crippen LogP contribution in [-0.2, 0) is 10.1 Å². The lowest BCUT2D eigenvalue weighted by Gasteiger charge is -2.10. The molecule has 1 aromatic rings. The Hall–Kier alpha value is -1.44. The second-order valence-electron chi connectivity index (χ2n) is 8.92. The summed E-state index contributed by atoms with van der Waals surface area (Å²) in [5.41, 5.74) is 0.928. The van der Waals surface area contributed by atoms with Gasteiger partial charge in [0.2, 0.25) is 5.84 Å². The number of benzene rings is 1. The normalized spacial score (nSPS) is 13.9. The van der Waals surface area contributed by atoms with Gasteiger partial charge < -0.3 is 9.66 Å². The highest BCUT2D eigenvalue weighted by Gasteiger charge is 2.27. The first-order valence-electron chi connectivity index (χ1n) is 12.8. The van der Waals surface area contributed by atoms with E-state index in [9.17, 15) is 13.0 Å². The lowest BCUT2D eigenvalue weighted by Crippen LogP contribution is -2.31. The molecule has 0 unspecified atom stereocenters. The van der Waals surface area contributed by atoms with Crippen molar-refractivity contribution in [3.8, 4) is 0 Å². The summed E-state index contributed by atoms with van der Waals surface area (Å²) >= 11 is 0. The molecule has 0 fully saturated rings. The molecule has 1 N–H and O–H groups in total. The number of aliphatic hydroxyl groups excluding tert-OH is 1. The first kappa shape index (κ1) is 29.6. The number of hydrogen-bond donors (Lipinski definition) is 1. The van der Waals surface area contributed by atoms with Crippen LogP contribution in [-0.4, -0.2) is 66.2 Å². The minimum Gasteiger partial charge on any atom is -0.744 e. The van der Waals surface area contributed by atoms with Crippen LogP contribution in [0.3, 0.4) is 0 Å². The van der Waals surface area contributed by atoms with Crippen molar-refractivity contribution in [2.45, 2.75) is 96.3 Å². The lowest BCUT2D eigenvalue weighted by molar-refractivity contribution is -0.519. The van der Waals surface area contributed by atoms with E-state index in [4.69, 9.17) is 5.11 Å². The number of nitrogens with zero attached hydrogens (tertiary/aromatic N) is 2. The molecule has 0 saturated heterocycles. The highest BCUT2D eigenvalue weighted by molar-refractivity contribution is 7.85. The maximum absolute atomic E-state index is 10.4. The maximum atomic E-state index is 10.4. The molecule has 1 aliphatic rings. The third kappa shape index (κ3) is 12.6. The second kappa shape index (κ2) is 17.1. The van der Waals surface area contributed by atoms with E-state index < -0.39 is 10.1 Å². The average Bonchev–Trinajstić information content (AvgIpc) is 3.17. The van der Waals surface area contributed by atoms with Gasteiger partial charge in [0, 0.05) is 6.42 Å². The molecule has 0 bridgehead atoms. The smallest absolute Gasteiger partial charge is 0.246 e. The van der Waals surface area contributed by atoms with Gasteiger partial charge in [-0.2, -0.15) is 0 Å². The number of rotatable bonds is 15. The Morgan fingerprint density at radius 2 is 1.48 bits per heavy atom. The summed E-state index contributed by atoms with van der Waals surface area (Å²) in [6.45, 7) is 10.9. The first-order chi connectivity index (χ1) is 15.8. The van der Waals surface area contributed by atoms with Crippen molar-refractivity contribution in [2.24, 2.45) is 0 Å². The van der Waals surface area contributed by atoms with Gasteiger partial charge in [0.1, 0.15) is 29.8 Å². The summed E-state index contributed by atoms with van der Waals surface area (Å²) in [4.78, 5) is 2.18. The Morgan fingerprint density at radius 3 is 1.97 bits per heavy atom. The Kier molecular flexibility index (Phi) is 15.3. The fourth-order valence-corrected chi connectivity index (χ4v) is 4.71. The third-order valence-corrected chi connectivity index (χ3v) is 7.00. The van der Waals surface area contributed by atoms with Gasteiger partial charge >= 0.3 is 0 Å². The fraction of sp³-hybridized carbons (Fsp3) is 0.731. The van der Waals surface area contributed by atoms with E-state index in [0.717, 1.165) is 31.6 Å². The van der Waals surface area contributed by atoms with Gasteiger partial charge in [-0.15, -0.1) is 0 Å². The van der Waals surface area contributed by atoms with E-state index in [0.29, 0.717) is 0 Å². The Balaban J connectivity index is 0.000000412. The second-order valence-corrected chi connectivity index (χ2v) is 10.3. The third-order valence-electron chi connectivity index (χ3n) is 6.15. The van der Waals surface area contributed by atoms with Crippen molar-refractivity contribution in [1.29, 1.82) is 0 Å². The van der Waals surface area contributed by atoms with Crippen molar-refractivity contribution in [2.75, 3.05) is 32.8 Å². The first-order valence-corrected chi connectivity index (χ1v) is 14.2. The largest absolute Gasteiger partial charge is 0.744 e. The number of unbranched alkanes of at least 4 members (excludes halogenated alkanes) is 9. The van der Waals surface area contributed by atoms with Gasteiger partial charge in [0.05, 0.1) is 18.0 Å². The summed E-state index contributed by atoms with van der Waals surface area (Å²) in [6.07, 6.45) is 15.1. The molecule has 0 saturated carbocycles. The molecule has 2 rings (SSSR count). The Bertz CT molecular complexity index is 776. The molecule has 6 nitrogen and oxygen atoms in total. The molecule has 1 aromatic carbocycles. The average molecular weight is 483 g/mol. The summed E-state index contributed by atoms with van der Waals surface area (Å²) in [6, 6.07) is 5.78. The Morgan fingerprint density at radius 1 is 0.939 bits per heavy atom. The molecule has 0 radical (unpaired) electrons. The summed E-state index contributed by atoms with van der Waals surface area (Å²) < 4.78 is 33.7. The molecule has 0 atom stereocenters. The number of aryl methyl sites for hydroxylation is 1.